The molecule has 0 saturated heterocycles. The summed E-state index contributed by atoms with van der Waals surface area (Å²) in [6, 6.07) is 3.65. The number of aromatic nitrogens is 3. The molecular formula is C13H17BrN4O. The van der Waals surface area contributed by atoms with Gasteiger partial charge in [0.05, 0.1) is 22.4 Å². The Bertz CT molecular complexity index is 645. The molecule has 2 rings (SSSR count). The van der Waals surface area contributed by atoms with Gasteiger partial charge in [-0.05, 0) is 41.4 Å². The van der Waals surface area contributed by atoms with E-state index < -0.39 is 0 Å². The smallest absolute Gasteiger partial charge is 0.265 e. The van der Waals surface area contributed by atoms with Gasteiger partial charge in [-0.25, -0.2) is 0 Å². The lowest BCUT2D eigenvalue weighted by atomic mass is 10.3. The summed E-state index contributed by atoms with van der Waals surface area (Å²) >= 11 is 3.23. The average molecular weight is 325 g/mol. The van der Waals surface area contributed by atoms with Gasteiger partial charge in [0.15, 0.2) is 0 Å². The molecule has 0 amide bonds. The molecule has 6 heteroatoms. The zero-order valence-corrected chi connectivity index (χ0v) is 12.6. The predicted molar refractivity (Wildman–Crippen MR) is 79.2 cm³/mol. The number of anilines is 1. The lowest BCUT2D eigenvalue weighted by Crippen LogP contribution is -2.22. The van der Waals surface area contributed by atoms with Crippen LogP contribution in [0, 0.1) is 0 Å². The van der Waals surface area contributed by atoms with Gasteiger partial charge in [0.2, 0.25) is 0 Å². The Balaban J connectivity index is 2.41. The molecule has 0 radical (unpaired) electrons. The van der Waals surface area contributed by atoms with E-state index in [2.05, 4.69) is 28.0 Å². The van der Waals surface area contributed by atoms with Crippen molar-refractivity contribution in [1.29, 1.82) is 0 Å². The minimum Gasteiger partial charge on any atom is -0.398 e. The van der Waals surface area contributed by atoms with E-state index in [0.717, 1.165) is 24.4 Å². The van der Waals surface area contributed by atoms with E-state index in [4.69, 9.17) is 5.73 Å². The van der Waals surface area contributed by atoms with Gasteiger partial charge < -0.3 is 10.3 Å². The molecule has 0 atom stereocenters. The summed E-state index contributed by atoms with van der Waals surface area (Å²) in [5, 5.41) is 4.48. The number of nitrogens with zero attached hydrogens (tertiary/aromatic N) is 3. The number of pyridine rings is 1. The summed E-state index contributed by atoms with van der Waals surface area (Å²) in [6.07, 6.45) is 2.54. The van der Waals surface area contributed by atoms with E-state index in [0.29, 0.717) is 16.7 Å². The molecule has 0 spiro atoms. The maximum Gasteiger partial charge on any atom is 0.265 e. The lowest BCUT2D eigenvalue weighted by molar-refractivity contribution is 0.589. The summed E-state index contributed by atoms with van der Waals surface area (Å²) < 4.78 is 4.00. The molecule has 2 N–H and O–H groups in total. The first-order valence-corrected chi connectivity index (χ1v) is 7.05. The van der Waals surface area contributed by atoms with Crippen LogP contribution in [0.15, 0.2) is 27.6 Å². The first-order chi connectivity index (χ1) is 9.05. The molecule has 0 aromatic carbocycles. The summed E-state index contributed by atoms with van der Waals surface area (Å²) in [7, 11) is 0. The molecule has 0 fully saturated rings. The SMILES string of the molecule is CCc1cc(Cn2cc(N)cc(Br)c2=O)n(CC)n1. The Morgan fingerprint density at radius 2 is 2.11 bits per heavy atom. The standard InChI is InChI=1S/C13H17BrN4O/c1-3-10-6-11(18(4-2)16-10)8-17-7-9(15)5-12(14)13(17)19/h5-7H,3-4,8,15H2,1-2H3. The van der Waals surface area contributed by atoms with Crippen molar-refractivity contribution >= 4 is 21.6 Å². The van der Waals surface area contributed by atoms with E-state index in [1.165, 1.54) is 0 Å². The van der Waals surface area contributed by atoms with Crippen LogP contribution in [0.3, 0.4) is 0 Å². The van der Waals surface area contributed by atoms with Gasteiger partial charge in [-0.2, -0.15) is 5.10 Å². The van der Waals surface area contributed by atoms with Gasteiger partial charge in [0, 0.05) is 18.4 Å². The van der Waals surface area contributed by atoms with Gasteiger partial charge in [-0.15, -0.1) is 0 Å². The summed E-state index contributed by atoms with van der Waals surface area (Å²) in [5.74, 6) is 0. The normalized spacial score (nSPS) is 10.9. The van der Waals surface area contributed by atoms with Gasteiger partial charge in [-0.1, -0.05) is 6.92 Å². The number of halogens is 1. The first kappa shape index (κ1) is 13.9. The van der Waals surface area contributed by atoms with Crippen molar-refractivity contribution in [3.8, 4) is 0 Å². The third-order valence-electron chi connectivity index (χ3n) is 2.97. The highest BCUT2D eigenvalue weighted by Gasteiger charge is 2.09. The van der Waals surface area contributed by atoms with E-state index in [1.807, 2.05) is 17.7 Å². The molecule has 2 aromatic rings. The Hall–Kier alpha value is -1.56. The van der Waals surface area contributed by atoms with Crippen LogP contribution in [-0.2, 0) is 19.5 Å². The van der Waals surface area contributed by atoms with Crippen LogP contribution < -0.4 is 11.3 Å². The van der Waals surface area contributed by atoms with Gasteiger partial charge in [-0.3, -0.25) is 9.48 Å². The molecule has 19 heavy (non-hydrogen) atoms. The largest absolute Gasteiger partial charge is 0.398 e. The van der Waals surface area contributed by atoms with Crippen LogP contribution in [0.4, 0.5) is 5.69 Å². The van der Waals surface area contributed by atoms with Crippen LogP contribution >= 0.6 is 15.9 Å². The van der Waals surface area contributed by atoms with Crippen LogP contribution in [0.2, 0.25) is 0 Å². The molecule has 102 valence electrons. The maximum absolute atomic E-state index is 12.0. The molecule has 0 bridgehead atoms. The number of hydrogen-bond donors (Lipinski definition) is 1. The third-order valence-corrected chi connectivity index (χ3v) is 3.54. The molecule has 0 unspecified atom stereocenters. The quantitative estimate of drug-likeness (QED) is 0.935. The first-order valence-electron chi connectivity index (χ1n) is 6.26. The fraction of sp³-hybridized carbons (Fsp3) is 0.385. The minimum atomic E-state index is -0.0869. The lowest BCUT2D eigenvalue weighted by Gasteiger charge is -2.09. The molecule has 0 saturated carbocycles. The van der Waals surface area contributed by atoms with Crippen molar-refractivity contribution in [2.45, 2.75) is 33.4 Å². The zero-order chi connectivity index (χ0) is 14.0. The van der Waals surface area contributed by atoms with Crippen LogP contribution in [-0.4, -0.2) is 14.3 Å². The number of aryl methyl sites for hydroxylation is 2. The number of rotatable bonds is 4. The molecule has 0 aliphatic carbocycles. The minimum absolute atomic E-state index is 0.0869. The zero-order valence-electron chi connectivity index (χ0n) is 11.1. The summed E-state index contributed by atoms with van der Waals surface area (Å²) in [6.45, 7) is 5.36. The number of nitrogens with two attached hydrogens (primary N) is 1. The second kappa shape index (κ2) is 5.61. The Morgan fingerprint density at radius 3 is 2.74 bits per heavy atom. The fourth-order valence-electron chi connectivity index (χ4n) is 2.00. The summed E-state index contributed by atoms with van der Waals surface area (Å²) in [4.78, 5) is 12.0. The van der Waals surface area contributed by atoms with E-state index in [9.17, 15) is 4.79 Å². The Kier molecular flexibility index (Phi) is 4.09. The fourth-order valence-corrected chi connectivity index (χ4v) is 2.49. The third kappa shape index (κ3) is 2.89. The Labute approximate surface area is 120 Å². The summed E-state index contributed by atoms with van der Waals surface area (Å²) in [5.41, 5.74) is 8.29. The highest BCUT2D eigenvalue weighted by atomic mass is 79.9. The van der Waals surface area contributed by atoms with Crippen molar-refractivity contribution < 1.29 is 0 Å². The van der Waals surface area contributed by atoms with Crippen LogP contribution in [0.25, 0.3) is 0 Å². The van der Waals surface area contributed by atoms with Crippen molar-refractivity contribution in [3.05, 3.63) is 44.5 Å². The highest BCUT2D eigenvalue weighted by molar-refractivity contribution is 9.10. The molecule has 0 aliphatic rings. The van der Waals surface area contributed by atoms with Gasteiger partial charge >= 0.3 is 0 Å². The number of nitrogen functional groups attached to an aromatic ring is 1. The molecule has 0 aliphatic heterocycles. The van der Waals surface area contributed by atoms with E-state index >= 15 is 0 Å². The monoisotopic (exact) mass is 324 g/mol. The van der Waals surface area contributed by atoms with E-state index in [-0.39, 0.29) is 5.56 Å². The van der Waals surface area contributed by atoms with Crippen molar-refractivity contribution in [2.75, 3.05) is 5.73 Å². The predicted octanol–water partition coefficient (Wildman–Crippen LogP) is 2.02. The average Bonchev–Trinajstić information content (AvgIpc) is 2.77. The highest BCUT2D eigenvalue weighted by Crippen LogP contribution is 2.11. The maximum atomic E-state index is 12.0. The van der Waals surface area contributed by atoms with Crippen LogP contribution in [0.1, 0.15) is 25.2 Å². The topological polar surface area (TPSA) is 65.8 Å². The second-order valence-corrected chi connectivity index (χ2v) is 5.21. The van der Waals surface area contributed by atoms with Crippen LogP contribution in [0.5, 0.6) is 0 Å². The van der Waals surface area contributed by atoms with Crippen molar-refractivity contribution in [2.24, 2.45) is 0 Å². The molecule has 5 nitrogen and oxygen atoms in total. The van der Waals surface area contributed by atoms with Crippen molar-refractivity contribution in [1.82, 2.24) is 14.3 Å². The van der Waals surface area contributed by atoms with Gasteiger partial charge in [0.1, 0.15) is 0 Å². The van der Waals surface area contributed by atoms with Gasteiger partial charge in [0.25, 0.3) is 5.56 Å². The second-order valence-electron chi connectivity index (χ2n) is 4.35. The number of hydrogen-bond acceptors (Lipinski definition) is 3. The molecule has 2 heterocycles. The van der Waals surface area contributed by atoms with Crippen molar-refractivity contribution in [3.63, 3.8) is 0 Å². The molecule has 2 aromatic heterocycles. The molecular weight excluding hydrogens is 308 g/mol. The Morgan fingerprint density at radius 1 is 1.37 bits per heavy atom. The van der Waals surface area contributed by atoms with E-state index in [1.54, 1.807) is 16.8 Å².